The molecule has 202 valence electrons. The van der Waals surface area contributed by atoms with E-state index in [1.165, 1.54) is 12.0 Å². The largest absolute Gasteiger partial charge is 0.497 e. The Morgan fingerprint density at radius 3 is 2.19 bits per heavy atom. The molecule has 2 aromatic rings. The molecule has 0 unspecified atom stereocenters. The van der Waals surface area contributed by atoms with E-state index in [1.54, 1.807) is 49.4 Å². The van der Waals surface area contributed by atoms with Gasteiger partial charge in [0, 0.05) is 28.2 Å². The van der Waals surface area contributed by atoms with Gasteiger partial charge < -0.3 is 15.0 Å². The molecule has 0 bridgehead atoms. The predicted molar refractivity (Wildman–Crippen MR) is 147 cm³/mol. The Bertz CT molecular complexity index is 1180. The summed E-state index contributed by atoms with van der Waals surface area (Å²) in [5, 5.41) is 3.75. The van der Waals surface area contributed by atoms with Crippen molar-refractivity contribution in [1.29, 1.82) is 0 Å². The quantitative estimate of drug-likeness (QED) is 0.449. The number of hydrogen-bond donors (Lipinski definition) is 1. The van der Waals surface area contributed by atoms with Crippen molar-refractivity contribution in [2.45, 2.75) is 57.7 Å². The van der Waals surface area contributed by atoms with Crippen LogP contribution in [0.5, 0.6) is 5.75 Å². The topological polar surface area (TPSA) is 96.0 Å². The molecule has 1 N–H and O–H groups in total. The fourth-order valence-corrected chi connectivity index (χ4v) is 5.73. The number of benzene rings is 2. The molecule has 1 fully saturated rings. The van der Waals surface area contributed by atoms with Crippen molar-refractivity contribution in [2.24, 2.45) is 0 Å². The SMILES string of the molecule is COc1ccc(N(CC(=O)N(Cc2c(Cl)cccc2Cl)[C@H](C)C(=O)NC2CCCCC2)S(C)(=O)=O)cc1. The number of carbonyl (C=O) groups is 2. The number of halogens is 2. The number of amides is 2. The molecule has 0 spiro atoms. The molecule has 2 amide bonds. The van der Waals surface area contributed by atoms with Crippen molar-refractivity contribution in [3.63, 3.8) is 0 Å². The standard InChI is InChI=1S/C26H33Cl2N3O5S/c1-18(26(33)29-19-8-5-4-6-9-19)30(16-22-23(27)10-7-11-24(22)28)25(32)17-31(37(3,34)35)20-12-14-21(36-2)15-13-20/h7,10-15,18-19H,4-6,8-9,16-17H2,1-3H3,(H,29,33)/t18-/m1/s1. The van der Waals surface area contributed by atoms with E-state index in [-0.39, 0.29) is 18.5 Å². The zero-order valence-corrected chi connectivity index (χ0v) is 23.6. The average molecular weight is 571 g/mol. The van der Waals surface area contributed by atoms with Crippen LogP contribution in [-0.4, -0.2) is 57.1 Å². The molecule has 8 nitrogen and oxygen atoms in total. The third kappa shape index (κ3) is 7.75. The van der Waals surface area contributed by atoms with Crippen LogP contribution in [0.25, 0.3) is 0 Å². The minimum Gasteiger partial charge on any atom is -0.497 e. The summed E-state index contributed by atoms with van der Waals surface area (Å²) >= 11 is 12.8. The first-order chi connectivity index (χ1) is 17.5. The lowest BCUT2D eigenvalue weighted by atomic mass is 9.95. The highest BCUT2D eigenvalue weighted by atomic mass is 35.5. The zero-order valence-electron chi connectivity index (χ0n) is 21.2. The third-order valence-corrected chi connectivity index (χ3v) is 8.40. The minimum atomic E-state index is -3.83. The molecule has 0 aromatic heterocycles. The van der Waals surface area contributed by atoms with Crippen LogP contribution < -0.4 is 14.4 Å². The first-order valence-electron chi connectivity index (χ1n) is 12.2. The van der Waals surface area contributed by atoms with Crippen molar-refractivity contribution >= 4 is 50.7 Å². The maximum Gasteiger partial charge on any atom is 0.244 e. The number of carbonyl (C=O) groups excluding carboxylic acids is 2. The number of anilines is 1. The molecular formula is C26H33Cl2N3O5S. The van der Waals surface area contributed by atoms with Crippen molar-refractivity contribution in [1.82, 2.24) is 10.2 Å². The van der Waals surface area contributed by atoms with E-state index in [0.29, 0.717) is 27.0 Å². The van der Waals surface area contributed by atoms with E-state index in [2.05, 4.69) is 5.32 Å². The van der Waals surface area contributed by atoms with E-state index in [0.717, 1.165) is 42.7 Å². The van der Waals surface area contributed by atoms with Gasteiger partial charge in [-0.15, -0.1) is 0 Å². The molecule has 37 heavy (non-hydrogen) atoms. The Hall–Kier alpha value is -2.49. The van der Waals surface area contributed by atoms with Crippen molar-refractivity contribution in [3.8, 4) is 5.75 Å². The fourth-order valence-electron chi connectivity index (χ4n) is 4.37. The number of nitrogens with one attached hydrogen (secondary N) is 1. The molecule has 2 aromatic carbocycles. The molecule has 0 radical (unpaired) electrons. The van der Waals surface area contributed by atoms with Gasteiger partial charge in [0.1, 0.15) is 18.3 Å². The van der Waals surface area contributed by atoms with Gasteiger partial charge >= 0.3 is 0 Å². The second kappa shape index (κ2) is 12.8. The smallest absolute Gasteiger partial charge is 0.244 e. The molecule has 0 saturated heterocycles. The molecule has 1 aliphatic carbocycles. The van der Waals surface area contributed by atoms with Gasteiger partial charge in [0.05, 0.1) is 19.1 Å². The highest BCUT2D eigenvalue weighted by Gasteiger charge is 2.32. The second-order valence-corrected chi connectivity index (χ2v) is 11.9. The third-order valence-electron chi connectivity index (χ3n) is 6.55. The van der Waals surface area contributed by atoms with Gasteiger partial charge in [-0.25, -0.2) is 8.42 Å². The minimum absolute atomic E-state index is 0.0522. The molecular weight excluding hydrogens is 537 g/mol. The lowest BCUT2D eigenvalue weighted by Crippen LogP contribution is -2.53. The van der Waals surface area contributed by atoms with Gasteiger partial charge in [0.15, 0.2) is 0 Å². The van der Waals surface area contributed by atoms with Crippen LogP contribution in [0.3, 0.4) is 0 Å². The van der Waals surface area contributed by atoms with E-state index in [1.807, 2.05) is 0 Å². The summed E-state index contributed by atoms with van der Waals surface area (Å²) < 4.78 is 31.5. The predicted octanol–water partition coefficient (Wildman–Crippen LogP) is 4.63. The molecule has 0 heterocycles. The van der Waals surface area contributed by atoms with Crippen LogP contribution in [0.4, 0.5) is 5.69 Å². The summed E-state index contributed by atoms with van der Waals surface area (Å²) in [6.07, 6.45) is 6.04. The highest BCUT2D eigenvalue weighted by Crippen LogP contribution is 2.28. The van der Waals surface area contributed by atoms with E-state index >= 15 is 0 Å². The number of sulfonamides is 1. The van der Waals surface area contributed by atoms with Crippen molar-refractivity contribution < 1.29 is 22.7 Å². The lowest BCUT2D eigenvalue weighted by molar-refractivity contribution is -0.139. The van der Waals surface area contributed by atoms with Gasteiger partial charge in [0.2, 0.25) is 21.8 Å². The van der Waals surface area contributed by atoms with Crippen molar-refractivity contribution in [2.75, 3.05) is 24.2 Å². The van der Waals surface area contributed by atoms with Crippen LogP contribution in [0.1, 0.15) is 44.6 Å². The number of hydrogen-bond acceptors (Lipinski definition) is 5. The summed E-state index contributed by atoms with van der Waals surface area (Å²) in [6.45, 7) is 1.06. The Kier molecular flexibility index (Phi) is 10.1. The first kappa shape index (κ1) is 29.1. The van der Waals surface area contributed by atoms with E-state index in [9.17, 15) is 18.0 Å². The Labute approximate surface area is 228 Å². The maximum atomic E-state index is 13.7. The summed E-state index contributed by atoms with van der Waals surface area (Å²) in [4.78, 5) is 28.2. The van der Waals surface area contributed by atoms with Crippen LogP contribution in [0.2, 0.25) is 10.0 Å². The van der Waals surface area contributed by atoms with Crippen LogP contribution >= 0.6 is 23.2 Å². The Balaban J connectivity index is 1.91. The Morgan fingerprint density at radius 1 is 1.05 bits per heavy atom. The summed E-state index contributed by atoms with van der Waals surface area (Å²) in [5.41, 5.74) is 0.776. The normalized spacial score (nSPS) is 15.1. The monoisotopic (exact) mass is 569 g/mol. The first-order valence-corrected chi connectivity index (χ1v) is 14.8. The number of rotatable bonds is 10. The molecule has 11 heteroatoms. The van der Waals surface area contributed by atoms with Crippen LogP contribution in [0, 0.1) is 0 Å². The molecule has 0 aliphatic heterocycles. The van der Waals surface area contributed by atoms with Crippen molar-refractivity contribution in [3.05, 3.63) is 58.1 Å². The highest BCUT2D eigenvalue weighted by molar-refractivity contribution is 7.92. The maximum absolute atomic E-state index is 13.7. The molecule has 1 atom stereocenters. The lowest BCUT2D eigenvalue weighted by Gasteiger charge is -2.33. The molecule has 1 saturated carbocycles. The van der Waals surface area contributed by atoms with Gasteiger partial charge in [0.25, 0.3) is 0 Å². The van der Waals surface area contributed by atoms with Gasteiger partial charge in [-0.1, -0.05) is 48.5 Å². The van der Waals surface area contributed by atoms with E-state index in [4.69, 9.17) is 27.9 Å². The van der Waals surface area contributed by atoms with E-state index < -0.39 is 28.5 Å². The second-order valence-electron chi connectivity index (χ2n) is 9.21. The number of methoxy groups -OCH3 is 1. The molecule has 1 aliphatic rings. The van der Waals surface area contributed by atoms with Gasteiger partial charge in [-0.05, 0) is 56.2 Å². The molecule has 3 rings (SSSR count). The number of ether oxygens (including phenoxy) is 1. The van der Waals surface area contributed by atoms with Gasteiger partial charge in [-0.2, -0.15) is 0 Å². The van der Waals surface area contributed by atoms with Crippen LogP contribution in [-0.2, 0) is 26.2 Å². The van der Waals surface area contributed by atoms with Crippen LogP contribution in [0.15, 0.2) is 42.5 Å². The number of nitrogens with zero attached hydrogens (tertiary/aromatic N) is 2. The Morgan fingerprint density at radius 2 is 1.65 bits per heavy atom. The summed E-state index contributed by atoms with van der Waals surface area (Å²) in [5.74, 6) is -0.325. The average Bonchev–Trinajstić information content (AvgIpc) is 2.86. The summed E-state index contributed by atoms with van der Waals surface area (Å²) in [7, 11) is -2.33. The summed E-state index contributed by atoms with van der Waals surface area (Å²) in [6, 6.07) is 10.5. The zero-order chi connectivity index (χ0) is 27.2. The fraction of sp³-hybridized carbons (Fsp3) is 0.462. The van der Waals surface area contributed by atoms with Gasteiger partial charge in [-0.3, -0.25) is 13.9 Å².